The molecule has 1 aliphatic rings. The number of thiophene rings is 1. The molecule has 1 N–H and O–H groups in total. The first-order valence-corrected chi connectivity index (χ1v) is 9.87. The van der Waals surface area contributed by atoms with Gasteiger partial charge in [-0.3, -0.25) is 4.99 Å². The van der Waals surface area contributed by atoms with Gasteiger partial charge >= 0.3 is 0 Å². The zero-order valence-electron chi connectivity index (χ0n) is 15.4. The summed E-state index contributed by atoms with van der Waals surface area (Å²) in [4.78, 5) is 13.7. The van der Waals surface area contributed by atoms with Gasteiger partial charge in [-0.05, 0) is 29.6 Å². The highest BCUT2D eigenvalue weighted by Gasteiger charge is 2.20. The van der Waals surface area contributed by atoms with Crippen molar-refractivity contribution < 1.29 is 0 Å². The third kappa shape index (κ3) is 4.55. The number of guanidine groups is 1. The van der Waals surface area contributed by atoms with E-state index in [1.165, 1.54) is 10.5 Å². The van der Waals surface area contributed by atoms with Crippen LogP contribution in [0.1, 0.15) is 0 Å². The highest BCUT2D eigenvalue weighted by atomic mass is 127. The van der Waals surface area contributed by atoms with Crippen LogP contribution >= 0.6 is 35.3 Å². The van der Waals surface area contributed by atoms with Gasteiger partial charge < -0.3 is 19.7 Å². The third-order valence-corrected chi connectivity index (χ3v) is 5.70. The van der Waals surface area contributed by atoms with Gasteiger partial charge in [0.1, 0.15) is 0 Å². The molecule has 0 atom stereocenters. The molecule has 27 heavy (non-hydrogen) atoms. The minimum Gasteiger partial charge on any atom is -0.360 e. The van der Waals surface area contributed by atoms with Crippen LogP contribution in [0.15, 0.2) is 53.1 Å². The van der Waals surface area contributed by atoms with Crippen LogP contribution in [0.5, 0.6) is 0 Å². The number of halogens is 1. The largest absolute Gasteiger partial charge is 0.360 e. The number of aliphatic imine (C=N–C) groups is 1. The summed E-state index contributed by atoms with van der Waals surface area (Å²) >= 11 is 1.81. The molecule has 0 unspecified atom stereocenters. The SMILES string of the molecule is CN=C(NCCn1cnc2ccccc21)N1CCN(c2cccs2)CC1.I. The van der Waals surface area contributed by atoms with Crippen molar-refractivity contribution in [3.63, 3.8) is 0 Å². The Labute approximate surface area is 180 Å². The summed E-state index contributed by atoms with van der Waals surface area (Å²) in [7, 11) is 1.86. The van der Waals surface area contributed by atoms with Crippen LogP contribution in [-0.2, 0) is 6.54 Å². The lowest BCUT2D eigenvalue weighted by molar-refractivity contribution is 0.372. The highest BCUT2D eigenvalue weighted by Crippen LogP contribution is 2.22. The fourth-order valence-corrected chi connectivity index (χ4v) is 4.18. The molecule has 3 heterocycles. The second kappa shape index (κ2) is 9.41. The number of nitrogens with zero attached hydrogens (tertiary/aromatic N) is 5. The average Bonchev–Trinajstić information content (AvgIpc) is 3.36. The monoisotopic (exact) mass is 496 g/mol. The molecular formula is C19H25IN6S. The fourth-order valence-electron chi connectivity index (χ4n) is 3.40. The number of hydrogen-bond acceptors (Lipinski definition) is 4. The van der Waals surface area contributed by atoms with Crippen molar-refractivity contribution in [1.29, 1.82) is 0 Å². The second-order valence-electron chi connectivity index (χ2n) is 6.33. The minimum absolute atomic E-state index is 0. The van der Waals surface area contributed by atoms with E-state index in [0.29, 0.717) is 0 Å². The van der Waals surface area contributed by atoms with E-state index in [9.17, 15) is 0 Å². The van der Waals surface area contributed by atoms with E-state index in [0.717, 1.165) is 50.7 Å². The smallest absolute Gasteiger partial charge is 0.193 e. The number of imidazole rings is 1. The molecule has 4 rings (SSSR count). The standard InChI is InChI=1S/C19H24N6S.HI/c1-20-19(24-12-10-23(11-13-24)18-7-4-14-26-18)21-8-9-25-15-22-16-5-2-3-6-17(16)25;/h2-7,14-15H,8-13H2,1H3,(H,20,21);1H. The maximum atomic E-state index is 4.47. The van der Waals surface area contributed by atoms with Crippen molar-refractivity contribution in [3.05, 3.63) is 48.1 Å². The number of anilines is 1. The molecule has 0 aliphatic carbocycles. The molecule has 0 bridgehead atoms. The van der Waals surface area contributed by atoms with E-state index >= 15 is 0 Å². The van der Waals surface area contributed by atoms with E-state index in [4.69, 9.17) is 0 Å². The zero-order valence-corrected chi connectivity index (χ0v) is 18.6. The van der Waals surface area contributed by atoms with Gasteiger partial charge in [0.2, 0.25) is 0 Å². The van der Waals surface area contributed by atoms with E-state index < -0.39 is 0 Å². The van der Waals surface area contributed by atoms with E-state index in [1.54, 1.807) is 0 Å². The molecule has 0 saturated carbocycles. The molecule has 0 spiro atoms. The molecule has 1 aliphatic heterocycles. The summed E-state index contributed by atoms with van der Waals surface area (Å²) in [6, 6.07) is 12.6. The van der Waals surface area contributed by atoms with Crippen LogP contribution in [0, 0.1) is 0 Å². The number of para-hydroxylation sites is 2. The quantitative estimate of drug-likeness (QED) is 0.343. The molecule has 3 aromatic rings. The summed E-state index contributed by atoms with van der Waals surface area (Å²) in [6.45, 7) is 5.75. The van der Waals surface area contributed by atoms with Gasteiger partial charge in [-0.2, -0.15) is 0 Å². The highest BCUT2D eigenvalue weighted by molar-refractivity contribution is 14.0. The number of hydrogen-bond donors (Lipinski definition) is 1. The van der Waals surface area contributed by atoms with Crippen LogP contribution in [0.3, 0.4) is 0 Å². The molecule has 0 radical (unpaired) electrons. The first kappa shape index (κ1) is 19.9. The Balaban J connectivity index is 0.00000210. The molecule has 144 valence electrons. The Bertz CT molecular complexity index is 867. The maximum absolute atomic E-state index is 4.47. The number of aromatic nitrogens is 2. The Hall–Kier alpha value is -1.81. The molecule has 2 aromatic heterocycles. The zero-order chi connectivity index (χ0) is 17.8. The van der Waals surface area contributed by atoms with Gasteiger partial charge in [-0.25, -0.2) is 4.98 Å². The van der Waals surface area contributed by atoms with Gasteiger partial charge in [0, 0.05) is 46.3 Å². The normalized spacial score (nSPS) is 15.1. The van der Waals surface area contributed by atoms with Crippen molar-refractivity contribution >= 4 is 57.3 Å². The van der Waals surface area contributed by atoms with Crippen molar-refractivity contribution in [1.82, 2.24) is 19.8 Å². The Kier molecular flexibility index (Phi) is 6.95. The molecule has 0 amide bonds. The van der Waals surface area contributed by atoms with Crippen molar-refractivity contribution in [2.45, 2.75) is 6.54 Å². The second-order valence-corrected chi connectivity index (χ2v) is 7.25. The fraction of sp³-hybridized carbons (Fsp3) is 0.368. The van der Waals surface area contributed by atoms with Crippen molar-refractivity contribution in [2.24, 2.45) is 4.99 Å². The summed E-state index contributed by atoms with van der Waals surface area (Å²) in [5.41, 5.74) is 2.22. The number of nitrogens with one attached hydrogen (secondary N) is 1. The predicted molar refractivity (Wildman–Crippen MR) is 125 cm³/mol. The summed E-state index contributed by atoms with van der Waals surface area (Å²) in [6.07, 6.45) is 1.91. The van der Waals surface area contributed by atoms with Crippen LogP contribution in [0.2, 0.25) is 0 Å². The van der Waals surface area contributed by atoms with Gasteiger partial charge in [0.15, 0.2) is 5.96 Å². The van der Waals surface area contributed by atoms with Crippen LogP contribution in [0.4, 0.5) is 5.00 Å². The third-order valence-electron chi connectivity index (χ3n) is 4.77. The Morgan fingerprint density at radius 2 is 1.96 bits per heavy atom. The molecule has 1 saturated heterocycles. The summed E-state index contributed by atoms with van der Waals surface area (Å²) < 4.78 is 2.18. The van der Waals surface area contributed by atoms with Gasteiger partial charge in [0.05, 0.1) is 22.4 Å². The lowest BCUT2D eigenvalue weighted by Crippen LogP contribution is -2.52. The number of benzene rings is 1. The summed E-state index contributed by atoms with van der Waals surface area (Å²) in [5.74, 6) is 0.986. The molecule has 1 fully saturated rings. The maximum Gasteiger partial charge on any atom is 0.193 e. The van der Waals surface area contributed by atoms with Crippen LogP contribution in [-0.4, -0.2) is 60.2 Å². The van der Waals surface area contributed by atoms with Gasteiger partial charge in [-0.1, -0.05) is 12.1 Å². The Morgan fingerprint density at radius 1 is 1.15 bits per heavy atom. The topological polar surface area (TPSA) is 48.7 Å². The van der Waals surface area contributed by atoms with Crippen LogP contribution < -0.4 is 10.2 Å². The van der Waals surface area contributed by atoms with Crippen molar-refractivity contribution in [2.75, 3.05) is 44.7 Å². The van der Waals surface area contributed by atoms with E-state index in [2.05, 4.69) is 59.3 Å². The van der Waals surface area contributed by atoms with E-state index in [1.807, 2.05) is 36.8 Å². The molecule has 8 heteroatoms. The number of fused-ring (bicyclic) bond motifs is 1. The minimum atomic E-state index is 0. The number of piperazine rings is 1. The first-order valence-electron chi connectivity index (χ1n) is 8.99. The lowest BCUT2D eigenvalue weighted by atomic mass is 10.3. The van der Waals surface area contributed by atoms with Crippen LogP contribution in [0.25, 0.3) is 11.0 Å². The lowest BCUT2D eigenvalue weighted by Gasteiger charge is -2.37. The first-order chi connectivity index (χ1) is 12.8. The predicted octanol–water partition coefficient (Wildman–Crippen LogP) is 3.11. The molecular weight excluding hydrogens is 471 g/mol. The Morgan fingerprint density at radius 3 is 2.70 bits per heavy atom. The number of rotatable bonds is 4. The van der Waals surface area contributed by atoms with Gasteiger partial charge in [-0.15, -0.1) is 35.3 Å². The molecule has 1 aromatic carbocycles. The van der Waals surface area contributed by atoms with Gasteiger partial charge in [0.25, 0.3) is 0 Å². The van der Waals surface area contributed by atoms with Crippen molar-refractivity contribution in [3.8, 4) is 0 Å². The van der Waals surface area contributed by atoms with E-state index in [-0.39, 0.29) is 24.0 Å². The summed E-state index contributed by atoms with van der Waals surface area (Å²) in [5, 5.41) is 7.00. The molecule has 6 nitrogen and oxygen atoms in total. The average molecular weight is 496 g/mol.